The summed E-state index contributed by atoms with van der Waals surface area (Å²) in [6.07, 6.45) is 0.591. The van der Waals surface area contributed by atoms with Crippen molar-refractivity contribution in [2.45, 2.75) is 50.7 Å². The SMILES string of the molecule is NC(=O)CN1CC[C@@H](Cn2cc(F)c3c(N(Cc4ccc(C(F)(F)F)cn4)C4CC4)ncnc32)[C@H](O)C1. The lowest BCUT2D eigenvalue weighted by molar-refractivity contribution is -0.137. The Kier molecular flexibility index (Phi) is 6.75. The van der Waals surface area contributed by atoms with Crippen LogP contribution in [0.15, 0.2) is 30.9 Å². The first-order valence-corrected chi connectivity index (χ1v) is 12.1. The molecule has 13 heteroatoms. The molecule has 2 atom stereocenters. The molecule has 0 aromatic carbocycles. The van der Waals surface area contributed by atoms with Crippen LogP contribution >= 0.6 is 0 Å². The minimum Gasteiger partial charge on any atom is -0.391 e. The van der Waals surface area contributed by atoms with E-state index in [1.165, 1.54) is 18.6 Å². The second-order valence-electron chi connectivity index (χ2n) is 9.74. The van der Waals surface area contributed by atoms with Gasteiger partial charge < -0.3 is 20.3 Å². The Morgan fingerprint density at radius 3 is 2.59 bits per heavy atom. The maximum absolute atomic E-state index is 15.3. The number of piperidine rings is 1. The molecular weight excluding hydrogens is 494 g/mol. The van der Waals surface area contributed by atoms with Gasteiger partial charge in [0.25, 0.3) is 0 Å². The Labute approximate surface area is 209 Å². The van der Waals surface area contributed by atoms with Gasteiger partial charge in [-0.3, -0.25) is 14.7 Å². The molecule has 1 aliphatic carbocycles. The van der Waals surface area contributed by atoms with Crippen LogP contribution in [0.2, 0.25) is 0 Å². The molecule has 1 aliphatic heterocycles. The number of fused-ring (bicyclic) bond motifs is 1. The highest BCUT2D eigenvalue weighted by Crippen LogP contribution is 2.37. The summed E-state index contributed by atoms with van der Waals surface area (Å²) in [5, 5.41) is 10.9. The van der Waals surface area contributed by atoms with Crippen LogP contribution in [0.1, 0.15) is 30.5 Å². The van der Waals surface area contributed by atoms with E-state index in [2.05, 4.69) is 15.0 Å². The van der Waals surface area contributed by atoms with E-state index >= 15 is 4.39 Å². The number of carbonyl (C=O) groups excluding carboxylic acids is 1. The lowest BCUT2D eigenvalue weighted by Crippen LogP contribution is -2.47. The normalized spacial score (nSPS) is 20.9. The number of alkyl halides is 3. The first kappa shape index (κ1) is 25.3. The van der Waals surface area contributed by atoms with Crippen LogP contribution in [0.3, 0.4) is 0 Å². The highest BCUT2D eigenvalue weighted by Gasteiger charge is 2.35. The number of likely N-dealkylation sites (tertiary alicyclic amines) is 1. The molecule has 37 heavy (non-hydrogen) atoms. The summed E-state index contributed by atoms with van der Waals surface area (Å²) in [6, 6.07) is 2.38. The average molecular weight is 522 g/mol. The number of aliphatic hydroxyl groups excluding tert-OH is 1. The highest BCUT2D eigenvalue weighted by atomic mass is 19.4. The Morgan fingerprint density at radius 1 is 1.19 bits per heavy atom. The summed E-state index contributed by atoms with van der Waals surface area (Å²) in [5.74, 6) is -0.784. The van der Waals surface area contributed by atoms with Crippen molar-refractivity contribution in [2.24, 2.45) is 11.7 Å². The van der Waals surface area contributed by atoms with Crippen molar-refractivity contribution < 1.29 is 27.5 Å². The standard InChI is InChI=1S/C24H27F4N7O2/c25-18-10-34(8-14-5-6-33(11-19(14)36)12-20(29)37)22-21(18)23(32-13-31-22)35(17-3-4-17)9-16-2-1-15(7-30-16)24(26,27)28/h1-2,7,10,13-14,17,19,36H,3-6,8-9,11-12H2,(H2,29,37)/t14-,19+/m0/s1. The number of aliphatic hydroxyl groups is 1. The molecule has 0 unspecified atom stereocenters. The topological polar surface area (TPSA) is 113 Å². The van der Waals surface area contributed by atoms with E-state index in [9.17, 15) is 23.1 Å². The third-order valence-corrected chi connectivity index (χ3v) is 6.95. The monoisotopic (exact) mass is 521 g/mol. The van der Waals surface area contributed by atoms with E-state index in [4.69, 9.17) is 5.73 Å². The molecule has 198 valence electrons. The number of nitrogens with two attached hydrogens (primary N) is 1. The quantitative estimate of drug-likeness (QED) is 0.438. The summed E-state index contributed by atoms with van der Waals surface area (Å²) >= 11 is 0. The number of hydrogen-bond acceptors (Lipinski definition) is 7. The minimum absolute atomic E-state index is 0.0707. The predicted octanol–water partition coefficient (Wildman–Crippen LogP) is 2.32. The number of hydrogen-bond donors (Lipinski definition) is 2. The number of β-amino-alcohol motifs (C(OH)–C–C–N with tert-alkyl or cyclic N) is 1. The minimum atomic E-state index is -4.47. The molecule has 1 amide bonds. The van der Waals surface area contributed by atoms with Crippen molar-refractivity contribution in [3.63, 3.8) is 0 Å². The third kappa shape index (κ3) is 5.52. The average Bonchev–Trinajstić information content (AvgIpc) is 3.63. The molecule has 4 heterocycles. The van der Waals surface area contributed by atoms with Gasteiger partial charge in [-0.25, -0.2) is 14.4 Å². The molecular formula is C24H27F4N7O2. The molecule has 1 saturated heterocycles. The van der Waals surface area contributed by atoms with Gasteiger partial charge >= 0.3 is 6.18 Å². The fourth-order valence-electron chi connectivity index (χ4n) is 4.92. The summed E-state index contributed by atoms with van der Waals surface area (Å²) in [6.45, 7) is 1.46. The van der Waals surface area contributed by atoms with Gasteiger partial charge in [0.05, 0.1) is 35.8 Å². The summed E-state index contributed by atoms with van der Waals surface area (Å²) < 4.78 is 55.7. The summed E-state index contributed by atoms with van der Waals surface area (Å²) in [5.41, 5.74) is 5.21. The van der Waals surface area contributed by atoms with Crippen LogP contribution < -0.4 is 10.6 Å². The summed E-state index contributed by atoms with van der Waals surface area (Å²) in [7, 11) is 0. The second kappa shape index (κ2) is 9.86. The highest BCUT2D eigenvalue weighted by molar-refractivity contribution is 5.89. The fourth-order valence-corrected chi connectivity index (χ4v) is 4.92. The molecule has 3 aromatic heterocycles. The summed E-state index contributed by atoms with van der Waals surface area (Å²) in [4.78, 5) is 27.5. The van der Waals surface area contributed by atoms with E-state index in [0.29, 0.717) is 43.2 Å². The van der Waals surface area contributed by atoms with Gasteiger partial charge in [-0.15, -0.1) is 0 Å². The van der Waals surface area contributed by atoms with Gasteiger partial charge in [0.1, 0.15) is 17.8 Å². The van der Waals surface area contributed by atoms with Crippen LogP contribution in [-0.2, 0) is 24.1 Å². The molecule has 2 fully saturated rings. The van der Waals surface area contributed by atoms with Crippen molar-refractivity contribution in [2.75, 3.05) is 24.5 Å². The molecule has 0 radical (unpaired) electrons. The molecule has 3 aromatic rings. The fraction of sp³-hybridized carbons (Fsp3) is 0.500. The molecule has 9 nitrogen and oxygen atoms in total. The van der Waals surface area contributed by atoms with Crippen molar-refractivity contribution >= 4 is 22.8 Å². The van der Waals surface area contributed by atoms with Gasteiger partial charge in [-0.2, -0.15) is 13.2 Å². The van der Waals surface area contributed by atoms with Crippen LogP contribution in [0.4, 0.5) is 23.4 Å². The van der Waals surface area contributed by atoms with Crippen LogP contribution in [-0.4, -0.2) is 67.2 Å². The van der Waals surface area contributed by atoms with Crippen molar-refractivity contribution in [1.82, 2.24) is 24.4 Å². The number of pyridine rings is 1. The van der Waals surface area contributed by atoms with Crippen LogP contribution in [0, 0.1) is 11.7 Å². The Hall–Kier alpha value is -3.32. The molecule has 5 rings (SSSR count). The second-order valence-corrected chi connectivity index (χ2v) is 9.74. The van der Waals surface area contributed by atoms with Gasteiger partial charge in [-0.1, -0.05) is 0 Å². The van der Waals surface area contributed by atoms with E-state index in [-0.39, 0.29) is 30.4 Å². The Balaban J connectivity index is 1.38. The van der Waals surface area contributed by atoms with E-state index < -0.39 is 29.6 Å². The first-order valence-electron chi connectivity index (χ1n) is 12.1. The number of nitrogens with zero attached hydrogens (tertiary/aromatic N) is 6. The zero-order valence-corrected chi connectivity index (χ0v) is 19.9. The maximum atomic E-state index is 15.3. The molecule has 0 bridgehead atoms. The number of aromatic nitrogens is 4. The van der Waals surface area contributed by atoms with Crippen LogP contribution in [0.25, 0.3) is 11.0 Å². The van der Waals surface area contributed by atoms with Gasteiger partial charge in [0, 0.05) is 37.4 Å². The third-order valence-electron chi connectivity index (χ3n) is 6.95. The van der Waals surface area contributed by atoms with Gasteiger partial charge in [0.15, 0.2) is 5.82 Å². The van der Waals surface area contributed by atoms with Crippen molar-refractivity contribution in [3.05, 3.63) is 47.9 Å². The molecule has 2 aliphatic rings. The number of primary amides is 1. The number of amides is 1. The number of rotatable bonds is 8. The number of halogens is 4. The number of carbonyl (C=O) groups is 1. The number of anilines is 1. The largest absolute Gasteiger partial charge is 0.417 e. The van der Waals surface area contributed by atoms with Gasteiger partial charge in [-0.05, 0) is 37.9 Å². The van der Waals surface area contributed by atoms with Crippen LogP contribution in [0.5, 0.6) is 0 Å². The molecule has 1 saturated carbocycles. The van der Waals surface area contributed by atoms with E-state index in [0.717, 1.165) is 25.1 Å². The lowest BCUT2D eigenvalue weighted by Gasteiger charge is -2.35. The molecule has 3 N–H and O–H groups in total. The van der Waals surface area contributed by atoms with Crippen molar-refractivity contribution in [1.29, 1.82) is 0 Å². The first-order chi connectivity index (χ1) is 17.6. The zero-order chi connectivity index (χ0) is 26.3. The van der Waals surface area contributed by atoms with E-state index in [1.807, 2.05) is 4.90 Å². The van der Waals surface area contributed by atoms with Gasteiger partial charge in [0.2, 0.25) is 5.91 Å². The maximum Gasteiger partial charge on any atom is 0.417 e. The predicted molar refractivity (Wildman–Crippen MR) is 126 cm³/mol. The zero-order valence-electron chi connectivity index (χ0n) is 19.9. The Morgan fingerprint density at radius 2 is 1.97 bits per heavy atom. The molecule has 0 spiro atoms. The van der Waals surface area contributed by atoms with E-state index in [1.54, 1.807) is 9.47 Å². The van der Waals surface area contributed by atoms with Crippen molar-refractivity contribution in [3.8, 4) is 0 Å². The Bertz CT molecular complexity index is 1280. The lowest BCUT2D eigenvalue weighted by atomic mass is 9.93. The smallest absolute Gasteiger partial charge is 0.391 e.